The van der Waals surface area contributed by atoms with E-state index in [1.165, 1.54) is 24.3 Å². The number of piperidine rings is 1. The standard InChI is InChI=1S/C15H19F3N2O2.ClH/c1-10-13(3-2-8-19-10)20-14(21)9-11-4-6-12(7-5-11)22-15(16,17)18;/h4-7,10,13,19H,2-3,8-9H2,1H3,(H,20,21);1H. The summed E-state index contributed by atoms with van der Waals surface area (Å²) in [4.78, 5) is 12.0. The molecule has 0 saturated carbocycles. The molecule has 4 nitrogen and oxygen atoms in total. The van der Waals surface area contributed by atoms with Crippen LogP contribution in [0.5, 0.6) is 5.75 Å². The summed E-state index contributed by atoms with van der Waals surface area (Å²) in [6.07, 6.45) is -2.63. The molecule has 1 fully saturated rings. The highest BCUT2D eigenvalue weighted by molar-refractivity contribution is 5.85. The maximum atomic E-state index is 12.1. The smallest absolute Gasteiger partial charge is 0.406 e. The fourth-order valence-corrected chi connectivity index (χ4v) is 2.49. The Kier molecular flexibility index (Phi) is 7.15. The van der Waals surface area contributed by atoms with Crippen LogP contribution < -0.4 is 15.4 Å². The summed E-state index contributed by atoms with van der Waals surface area (Å²) in [5.74, 6) is -0.424. The van der Waals surface area contributed by atoms with Crippen LogP contribution in [0, 0.1) is 0 Å². The van der Waals surface area contributed by atoms with Crippen molar-refractivity contribution in [3.05, 3.63) is 29.8 Å². The molecule has 0 aromatic heterocycles. The van der Waals surface area contributed by atoms with Crippen molar-refractivity contribution in [2.24, 2.45) is 0 Å². The number of nitrogens with one attached hydrogen (secondary N) is 2. The van der Waals surface area contributed by atoms with Gasteiger partial charge in [0.05, 0.1) is 6.42 Å². The van der Waals surface area contributed by atoms with Gasteiger partial charge in [0.2, 0.25) is 5.91 Å². The van der Waals surface area contributed by atoms with Gasteiger partial charge in [-0.1, -0.05) is 12.1 Å². The zero-order valence-corrected chi connectivity index (χ0v) is 13.5. The van der Waals surface area contributed by atoms with E-state index in [1.54, 1.807) is 0 Å². The largest absolute Gasteiger partial charge is 0.573 e. The number of hydrogen-bond donors (Lipinski definition) is 2. The van der Waals surface area contributed by atoms with Gasteiger partial charge in [0.25, 0.3) is 0 Å². The van der Waals surface area contributed by atoms with E-state index in [0.717, 1.165) is 19.4 Å². The first-order valence-electron chi connectivity index (χ1n) is 7.21. The van der Waals surface area contributed by atoms with Crippen LogP contribution in [0.3, 0.4) is 0 Å². The zero-order valence-electron chi connectivity index (χ0n) is 12.7. The van der Waals surface area contributed by atoms with E-state index < -0.39 is 6.36 Å². The van der Waals surface area contributed by atoms with Crippen molar-refractivity contribution >= 4 is 18.3 Å². The minimum absolute atomic E-state index is 0. The monoisotopic (exact) mass is 352 g/mol. The molecule has 23 heavy (non-hydrogen) atoms. The lowest BCUT2D eigenvalue weighted by molar-refractivity contribution is -0.274. The molecule has 2 rings (SSSR count). The lowest BCUT2D eigenvalue weighted by atomic mass is 9.99. The summed E-state index contributed by atoms with van der Waals surface area (Å²) in [5, 5.41) is 6.25. The highest BCUT2D eigenvalue weighted by Crippen LogP contribution is 2.22. The Morgan fingerprint density at radius 2 is 2.00 bits per heavy atom. The van der Waals surface area contributed by atoms with Gasteiger partial charge in [0.15, 0.2) is 0 Å². The first-order chi connectivity index (χ1) is 10.3. The molecular weight excluding hydrogens is 333 g/mol. The number of ether oxygens (including phenoxy) is 1. The second kappa shape index (κ2) is 8.40. The molecule has 0 bridgehead atoms. The van der Waals surface area contributed by atoms with E-state index >= 15 is 0 Å². The van der Waals surface area contributed by atoms with Gasteiger partial charge in [-0.3, -0.25) is 4.79 Å². The van der Waals surface area contributed by atoms with Crippen LogP contribution in [0.25, 0.3) is 0 Å². The highest BCUT2D eigenvalue weighted by atomic mass is 35.5. The number of rotatable bonds is 4. The van der Waals surface area contributed by atoms with Crippen molar-refractivity contribution in [2.45, 2.75) is 44.6 Å². The lowest BCUT2D eigenvalue weighted by Gasteiger charge is -2.30. The van der Waals surface area contributed by atoms with E-state index in [9.17, 15) is 18.0 Å². The third-order valence-electron chi connectivity index (χ3n) is 3.63. The first kappa shape index (κ1) is 19.6. The van der Waals surface area contributed by atoms with Gasteiger partial charge >= 0.3 is 6.36 Å². The highest BCUT2D eigenvalue weighted by Gasteiger charge is 2.31. The van der Waals surface area contributed by atoms with Crippen molar-refractivity contribution in [3.63, 3.8) is 0 Å². The molecule has 1 aliphatic rings. The second-order valence-corrected chi connectivity index (χ2v) is 5.43. The van der Waals surface area contributed by atoms with E-state index in [0.29, 0.717) is 5.56 Å². The fraction of sp³-hybridized carbons (Fsp3) is 0.533. The molecule has 2 N–H and O–H groups in total. The van der Waals surface area contributed by atoms with E-state index in [1.807, 2.05) is 6.92 Å². The van der Waals surface area contributed by atoms with Gasteiger partial charge in [-0.25, -0.2) is 0 Å². The van der Waals surface area contributed by atoms with Gasteiger partial charge in [-0.2, -0.15) is 0 Å². The molecule has 1 aromatic rings. The van der Waals surface area contributed by atoms with Crippen molar-refractivity contribution in [3.8, 4) is 5.75 Å². The van der Waals surface area contributed by atoms with Crippen LogP contribution >= 0.6 is 12.4 Å². The van der Waals surface area contributed by atoms with E-state index in [-0.39, 0.29) is 42.6 Å². The summed E-state index contributed by atoms with van der Waals surface area (Å²) in [6, 6.07) is 5.66. The Labute approximate surface area is 139 Å². The molecule has 2 unspecified atom stereocenters. The summed E-state index contributed by atoms with van der Waals surface area (Å²) in [7, 11) is 0. The average molecular weight is 353 g/mol. The molecule has 1 saturated heterocycles. The molecule has 2 atom stereocenters. The molecule has 0 radical (unpaired) electrons. The van der Waals surface area contributed by atoms with Crippen molar-refractivity contribution in [1.29, 1.82) is 0 Å². The van der Waals surface area contributed by atoms with Crippen LogP contribution in [0.4, 0.5) is 13.2 Å². The molecule has 1 amide bonds. The Balaban J connectivity index is 0.00000264. The maximum absolute atomic E-state index is 12.1. The van der Waals surface area contributed by atoms with Crippen LogP contribution in [0.1, 0.15) is 25.3 Å². The quantitative estimate of drug-likeness (QED) is 0.876. The third kappa shape index (κ3) is 6.66. The Bertz CT molecular complexity index is 508. The van der Waals surface area contributed by atoms with E-state index in [4.69, 9.17) is 0 Å². The van der Waals surface area contributed by atoms with Gasteiger partial charge in [-0.05, 0) is 44.0 Å². The average Bonchev–Trinajstić information content (AvgIpc) is 2.42. The first-order valence-corrected chi connectivity index (χ1v) is 7.21. The Morgan fingerprint density at radius 1 is 1.35 bits per heavy atom. The van der Waals surface area contributed by atoms with Gasteiger partial charge in [0, 0.05) is 12.1 Å². The molecule has 1 heterocycles. The zero-order chi connectivity index (χ0) is 16.2. The fourth-order valence-electron chi connectivity index (χ4n) is 2.49. The van der Waals surface area contributed by atoms with Gasteiger partial charge in [0.1, 0.15) is 5.75 Å². The number of benzene rings is 1. The number of carbonyl (C=O) groups is 1. The summed E-state index contributed by atoms with van der Waals surface area (Å²) in [5.41, 5.74) is 0.642. The van der Waals surface area contributed by atoms with Crippen LogP contribution in [0.2, 0.25) is 0 Å². The predicted molar refractivity (Wildman–Crippen MR) is 82.7 cm³/mol. The second-order valence-electron chi connectivity index (χ2n) is 5.43. The summed E-state index contributed by atoms with van der Waals surface area (Å²) in [6.45, 7) is 2.97. The molecule has 0 aliphatic carbocycles. The van der Waals surface area contributed by atoms with Crippen molar-refractivity contribution in [1.82, 2.24) is 10.6 Å². The molecule has 0 spiro atoms. The van der Waals surface area contributed by atoms with Crippen LogP contribution in [-0.4, -0.2) is 30.9 Å². The lowest BCUT2D eigenvalue weighted by Crippen LogP contribution is -2.52. The predicted octanol–water partition coefficient (Wildman–Crippen LogP) is 2.81. The van der Waals surface area contributed by atoms with Crippen molar-refractivity contribution < 1.29 is 22.7 Å². The molecule has 8 heteroatoms. The minimum atomic E-state index is -4.71. The summed E-state index contributed by atoms with van der Waals surface area (Å²) >= 11 is 0. The number of alkyl halides is 3. The Morgan fingerprint density at radius 3 is 2.57 bits per heavy atom. The van der Waals surface area contributed by atoms with Crippen LogP contribution in [0.15, 0.2) is 24.3 Å². The SMILES string of the molecule is CC1NCCCC1NC(=O)Cc1ccc(OC(F)(F)F)cc1.Cl. The Hall–Kier alpha value is -1.47. The topological polar surface area (TPSA) is 50.4 Å². The normalized spacial score (nSPS) is 21.2. The molecular formula is C15H20ClF3N2O2. The number of halogens is 4. The third-order valence-corrected chi connectivity index (χ3v) is 3.63. The van der Waals surface area contributed by atoms with Crippen LogP contribution in [-0.2, 0) is 11.2 Å². The maximum Gasteiger partial charge on any atom is 0.573 e. The van der Waals surface area contributed by atoms with Gasteiger partial charge in [-0.15, -0.1) is 25.6 Å². The van der Waals surface area contributed by atoms with Gasteiger partial charge < -0.3 is 15.4 Å². The summed E-state index contributed by atoms with van der Waals surface area (Å²) < 4.78 is 40.0. The van der Waals surface area contributed by atoms with Crippen molar-refractivity contribution in [2.75, 3.05) is 6.54 Å². The number of carbonyl (C=O) groups excluding carboxylic acids is 1. The molecule has 1 aromatic carbocycles. The van der Waals surface area contributed by atoms with E-state index in [2.05, 4.69) is 15.4 Å². The molecule has 1 aliphatic heterocycles. The molecule has 130 valence electrons. The minimum Gasteiger partial charge on any atom is -0.406 e. The number of hydrogen-bond acceptors (Lipinski definition) is 3. The number of amides is 1.